The maximum absolute atomic E-state index is 12.1. The zero-order valence-corrected chi connectivity index (χ0v) is 11.3. The fourth-order valence-electron chi connectivity index (χ4n) is 1.60. The molecule has 1 N–H and O–H groups in total. The third-order valence-corrected chi connectivity index (χ3v) is 2.95. The van der Waals surface area contributed by atoms with Crippen LogP contribution in [-0.4, -0.2) is 20.6 Å². The van der Waals surface area contributed by atoms with Crippen molar-refractivity contribution in [3.63, 3.8) is 0 Å². The molecule has 0 atom stereocenters. The number of anilines is 1. The number of hydrogen-bond acceptors (Lipinski definition) is 4. The second kappa shape index (κ2) is 5.70. The first-order valence-corrected chi connectivity index (χ1v) is 6.16. The summed E-state index contributed by atoms with van der Waals surface area (Å²) >= 11 is 5.89. The van der Waals surface area contributed by atoms with E-state index in [1.165, 1.54) is 18.3 Å². The van der Waals surface area contributed by atoms with Crippen molar-refractivity contribution in [2.24, 2.45) is 0 Å². The Morgan fingerprint density at radius 1 is 1.55 bits per heavy atom. The molecule has 8 heteroatoms. The van der Waals surface area contributed by atoms with Crippen molar-refractivity contribution in [1.29, 1.82) is 0 Å². The SMILES string of the molecule is CCn1cc(NC(=O)c2cc([N+](=O)[O-])ccc2Cl)cn1. The molecule has 0 saturated heterocycles. The van der Waals surface area contributed by atoms with Crippen LogP contribution in [0.1, 0.15) is 17.3 Å². The van der Waals surface area contributed by atoms with E-state index >= 15 is 0 Å². The summed E-state index contributed by atoms with van der Waals surface area (Å²) in [5, 5.41) is 17.5. The Balaban J connectivity index is 2.24. The van der Waals surface area contributed by atoms with Gasteiger partial charge in [0.25, 0.3) is 11.6 Å². The van der Waals surface area contributed by atoms with Crippen molar-refractivity contribution in [2.75, 3.05) is 5.32 Å². The molecule has 0 saturated carbocycles. The van der Waals surface area contributed by atoms with Gasteiger partial charge in [-0.1, -0.05) is 11.6 Å². The van der Waals surface area contributed by atoms with E-state index in [4.69, 9.17) is 11.6 Å². The zero-order chi connectivity index (χ0) is 14.7. The molecule has 0 aliphatic heterocycles. The highest BCUT2D eigenvalue weighted by molar-refractivity contribution is 6.34. The van der Waals surface area contributed by atoms with Gasteiger partial charge >= 0.3 is 0 Å². The summed E-state index contributed by atoms with van der Waals surface area (Å²) in [5.74, 6) is -0.519. The second-order valence-corrected chi connectivity index (χ2v) is 4.37. The van der Waals surface area contributed by atoms with E-state index in [9.17, 15) is 14.9 Å². The Morgan fingerprint density at radius 3 is 2.90 bits per heavy atom. The number of carbonyl (C=O) groups excluding carboxylic acids is 1. The third kappa shape index (κ3) is 2.94. The molecule has 0 aliphatic carbocycles. The molecule has 2 aromatic rings. The van der Waals surface area contributed by atoms with Gasteiger partial charge in [-0.2, -0.15) is 5.10 Å². The lowest BCUT2D eigenvalue weighted by Gasteiger charge is -2.04. The van der Waals surface area contributed by atoms with Crippen LogP contribution in [-0.2, 0) is 6.54 Å². The first kappa shape index (κ1) is 14.0. The van der Waals surface area contributed by atoms with E-state index in [0.29, 0.717) is 12.2 Å². The maximum atomic E-state index is 12.1. The number of nitro groups is 1. The Morgan fingerprint density at radius 2 is 2.30 bits per heavy atom. The van der Waals surface area contributed by atoms with Crippen molar-refractivity contribution in [3.8, 4) is 0 Å². The molecular weight excluding hydrogens is 284 g/mol. The van der Waals surface area contributed by atoms with E-state index in [-0.39, 0.29) is 16.3 Å². The van der Waals surface area contributed by atoms with Crippen molar-refractivity contribution in [1.82, 2.24) is 9.78 Å². The van der Waals surface area contributed by atoms with Crippen molar-refractivity contribution in [3.05, 3.63) is 51.3 Å². The molecule has 0 radical (unpaired) electrons. The molecule has 0 unspecified atom stereocenters. The number of aryl methyl sites for hydroxylation is 1. The van der Waals surface area contributed by atoms with Crippen molar-refractivity contribution < 1.29 is 9.72 Å². The molecule has 1 amide bonds. The van der Waals surface area contributed by atoms with Crippen LogP contribution in [0.5, 0.6) is 0 Å². The molecule has 1 heterocycles. The van der Waals surface area contributed by atoms with Crippen LogP contribution in [0.15, 0.2) is 30.6 Å². The summed E-state index contributed by atoms with van der Waals surface area (Å²) in [7, 11) is 0. The average molecular weight is 295 g/mol. The quantitative estimate of drug-likeness (QED) is 0.693. The first-order chi connectivity index (χ1) is 9.51. The Kier molecular flexibility index (Phi) is 3.99. The van der Waals surface area contributed by atoms with Gasteiger partial charge in [0.05, 0.1) is 27.4 Å². The molecule has 104 valence electrons. The highest BCUT2D eigenvalue weighted by atomic mass is 35.5. The van der Waals surface area contributed by atoms with Gasteiger partial charge in [-0.15, -0.1) is 0 Å². The number of hydrogen-bond donors (Lipinski definition) is 1. The molecule has 0 fully saturated rings. The molecule has 0 aliphatic rings. The van der Waals surface area contributed by atoms with Gasteiger partial charge in [-0.3, -0.25) is 19.6 Å². The standard InChI is InChI=1S/C12H11ClN4O3/c1-2-16-7-8(6-14-16)15-12(18)10-5-9(17(19)20)3-4-11(10)13/h3-7H,2H2,1H3,(H,15,18). The first-order valence-electron chi connectivity index (χ1n) is 5.79. The number of carbonyl (C=O) groups is 1. The predicted molar refractivity (Wildman–Crippen MR) is 74.0 cm³/mol. The van der Waals surface area contributed by atoms with Gasteiger partial charge in [0.15, 0.2) is 0 Å². The maximum Gasteiger partial charge on any atom is 0.270 e. The van der Waals surface area contributed by atoms with E-state index in [1.807, 2.05) is 6.92 Å². The van der Waals surface area contributed by atoms with E-state index in [2.05, 4.69) is 10.4 Å². The van der Waals surface area contributed by atoms with Crippen LogP contribution in [0.2, 0.25) is 5.02 Å². The number of nitrogens with zero attached hydrogens (tertiary/aromatic N) is 3. The van der Waals surface area contributed by atoms with Crippen LogP contribution in [0.25, 0.3) is 0 Å². The van der Waals surface area contributed by atoms with E-state index in [0.717, 1.165) is 6.07 Å². The fraction of sp³-hybridized carbons (Fsp3) is 0.167. The Bertz CT molecular complexity index is 668. The topological polar surface area (TPSA) is 90.1 Å². The van der Waals surface area contributed by atoms with Crippen LogP contribution < -0.4 is 5.32 Å². The summed E-state index contributed by atoms with van der Waals surface area (Å²) in [6.07, 6.45) is 3.15. The fourth-order valence-corrected chi connectivity index (χ4v) is 1.80. The molecule has 0 spiro atoms. The molecule has 0 bridgehead atoms. The lowest BCUT2D eigenvalue weighted by molar-refractivity contribution is -0.384. The summed E-state index contributed by atoms with van der Waals surface area (Å²) in [6.45, 7) is 2.59. The number of rotatable bonds is 4. The Hall–Kier alpha value is -2.41. The third-order valence-electron chi connectivity index (χ3n) is 2.62. The van der Waals surface area contributed by atoms with Gasteiger partial charge < -0.3 is 5.32 Å². The van der Waals surface area contributed by atoms with Crippen LogP contribution in [0, 0.1) is 10.1 Å². The minimum atomic E-state index is -0.581. The lowest BCUT2D eigenvalue weighted by atomic mass is 10.2. The summed E-state index contributed by atoms with van der Waals surface area (Å²) in [6, 6.07) is 3.71. The minimum absolute atomic E-state index is 0.0464. The highest BCUT2D eigenvalue weighted by Crippen LogP contribution is 2.23. The van der Waals surface area contributed by atoms with Gasteiger partial charge in [0, 0.05) is 24.9 Å². The van der Waals surface area contributed by atoms with Gasteiger partial charge in [0.2, 0.25) is 0 Å². The van der Waals surface area contributed by atoms with Gasteiger partial charge in [0.1, 0.15) is 0 Å². The zero-order valence-electron chi connectivity index (χ0n) is 10.5. The number of nitro benzene ring substituents is 1. The average Bonchev–Trinajstić information content (AvgIpc) is 2.86. The van der Waals surface area contributed by atoms with Crippen LogP contribution in [0.4, 0.5) is 11.4 Å². The normalized spacial score (nSPS) is 10.3. The predicted octanol–water partition coefficient (Wildman–Crippen LogP) is 2.72. The summed E-state index contributed by atoms with van der Waals surface area (Å²) in [4.78, 5) is 22.2. The number of aromatic nitrogens is 2. The summed E-state index contributed by atoms with van der Waals surface area (Å²) in [5.41, 5.74) is 0.355. The van der Waals surface area contributed by atoms with Gasteiger partial charge in [-0.05, 0) is 13.0 Å². The number of nitrogens with one attached hydrogen (secondary N) is 1. The van der Waals surface area contributed by atoms with Crippen LogP contribution in [0.3, 0.4) is 0 Å². The molecule has 20 heavy (non-hydrogen) atoms. The lowest BCUT2D eigenvalue weighted by Crippen LogP contribution is -2.12. The molecule has 1 aromatic carbocycles. The number of non-ortho nitro benzene ring substituents is 1. The monoisotopic (exact) mass is 294 g/mol. The molecular formula is C12H11ClN4O3. The summed E-state index contributed by atoms with van der Waals surface area (Å²) < 4.78 is 1.64. The molecule has 1 aromatic heterocycles. The van der Waals surface area contributed by atoms with E-state index in [1.54, 1.807) is 10.9 Å². The number of amides is 1. The van der Waals surface area contributed by atoms with E-state index < -0.39 is 10.8 Å². The number of benzene rings is 1. The van der Waals surface area contributed by atoms with Crippen LogP contribution >= 0.6 is 11.6 Å². The largest absolute Gasteiger partial charge is 0.319 e. The Labute approximate surface area is 119 Å². The molecule has 2 rings (SSSR count). The smallest absolute Gasteiger partial charge is 0.270 e. The molecule has 7 nitrogen and oxygen atoms in total. The van der Waals surface area contributed by atoms with Crippen molar-refractivity contribution >= 4 is 28.9 Å². The van der Waals surface area contributed by atoms with Crippen molar-refractivity contribution in [2.45, 2.75) is 13.5 Å². The second-order valence-electron chi connectivity index (χ2n) is 3.96. The minimum Gasteiger partial charge on any atom is -0.319 e. The van der Waals surface area contributed by atoms with Gasteiger partial charge in [-0.25, -0.2) is 0 Å². The number of halogens is 1. The highest BCUT2D eigenvalue weighted by Gasteiger charge is 2.16.